The van der Waals surface area contributed by atoms with Gasteiger partial charge in [0.2, 0.25) is 5.90 Å². The number of halogens is 1. The van der Waals surface area contributed by atoms with Crippen molar-refractivity contribution in [3.05, 3.63) is 89.9 Å². The van der Waals surface area contributed by atoms with E-state index in [-0.39, 0.29) is 5.90 Å². The topological polar surface area (TPSA) is 86.7 Å². The number of nitrogens with two attached hydrogens (primary N) is 1. The SMILES string of the molecule is C=C(/N=C(\C=C(\C)N)Oc1ccc(Cl)cc1)Nc1ccc(-n2cnc(C)c2)c(OC)c1. The molecule has 31 heavy (non-hydrogen) atoms. The Labute approximate surface area is 186 Å². The molecule has 0 saturated carbocycles. The number of hydrogen-bond acceptors (Lipinski definition) is 6. The van der Waals surface area contributed by atoms with E-state index in [1.807, 2.05) is 35.9 Å². The fourth-order valence-corrected chi connectivity index (χ4v) is 2.88. The zero-order valence-corrected chi connectivity index (χ0v) is 18.3. The van der Waals surface area contributed by atoms with Gasteiger partial charge in [0.1, 0.15) is 17.3 Å². The predicted molar refractivity (Wildman–Crippen MR) is 125 cm³/mol. The molecule has 0 aliphatic heterocycles. The van der Waals surface area contributed by atoms with E-state index in [2.05, 4.69) is 21.9 Å². The highest BCUT2D eigenvalue weighted by atomic mass is 35.5. The second kappa shape index (κ2) is 9.86. The minimum absolute atomic E-state index is 0.289. The number of allylic oxidation sites excluding steroid dienone is 1. The third kappa shape index (κ3) is 6.13. The van der Waals surface area contributed by atoms with Gasteiger partial charge in [-0.05, 0) is 50.2 Å². The summed E-state index contributed by atoms with van der Waals surface area (Å²) in [6, 6.07) is 12.6. The van der Waals surface area contributed by atoms with Crippen molar-refractivity contribution in [3.8, 4) is 17.2 Å². The second-order valence-corrected chi connectivity index (χ2v) is 7.21. The van der Waals surface area contributed by atoms with Crippen molar-refractivity contribution in [1.82, 2.24) is 9.55 Å². The lowest BCUT2D eigenvalue weighted by Gasteiger charge is -2.13. The lowest BCUT2D eigenvalue weighted by Crippen LogP contribution is -2.10. The van der Waals surface area contributed by atoms with Gasteiger partial charge in [0.15, 0.2) is 0 Å². The van der Waals surface area contributed by atoms with Crippen molar-refractivity contribution < 1.29 is 9.47 Å². The van der Waals surface area contributed by atoms with Crippen molar-refractivity contribution in [3.63, 3.8) is 0 Å². The van der Waals surface area contributed by atoms with E-state index in [1.54, 1.807) is 50.7 Å². The van der Waals surface area contributed by atoms with Gasteiger partial charge in [-0.3, -0.25) is 0 Å². The highest BCUT2D eigenvalue weighted by Crippen LogP contribution is 2.27. The first kappa shape index (κ1) is 22.0. The zero-order valence-electron chi connectivity index (χ0n) is 17.6. The van der Waals surface area contributed by atoms with Crippen LogP contribution in [0.5, 0.6) is 11.5 Å². The zero-order chi connectivity index (χ0) is 22.4. The van der Waals surface area contributed by atoms with Gasteiger partial charge in [-0.15, -0.1) is 0 Å². The minimum Gasteiger partial charge on any atom is -0.494 e. The molecule has 3 aromatic rings. The molecule has 160 valence electrons. The molecule has 0 amide bonds. The van der Waals surface area contributed by atoms with Crippen LogP contribution >= 0.6 is 11.6 Å². The molecule has 0 radical (unpaired) electrons. The predicted octanol–water partition coefficient (Wildman–Crippen LogP) is 5.07. The number of aryl methyl sites for hydroxylation is 1. The van der Waals surface area contributed by atoms with Gasteiger partial charge in [-0.2, -0.15) is 4.99 Å². The van der Waals surface area contributed by atoms with Crippen LogP contribution in [0.4, 0.5) is 5.69 Å². The maximum absolute atomic E-state index is 5.93. The van der Waals surface area contributed by atoms with Crippen LogP contribution in [-0.4, -0.2) is 22.6 Å². The molecule has 0 atom stereocenters. The molecule has 0 fully saturated rings. The van der Waals surface area contributed by atoms with Crippen LogP contribution in [0.15, 0.2) is 84.2 Å². The Balaban J connectivity index is 1.79. The number of imidazole rings is 1. The molecule has 8 heteroatoms. The van der Waals surface area contributed by atoms with E-state index in [9.17, 15) is 0 Å². The van der Waals surface area contributed by atoms with Gasteiger partial charge in [-0.25, -0.2) is 4.98 Å². The molecule has 7 nitrogen and oxygen atoms in total. The highest BCUT2D eigenvalue weighted by molar-refractivity contribution is 6.30. The fraction of sp³-hybridized carbons (Fsp3) is 0.130. The second-order valence-electron chi connectivity index (χ2n) is 6.78. The van der Waals surface area contributed by atoms with E-state index in [0.717, 1.165) is 17.1 Å². The maximum Gasteiger partial charge on any atom is 0.222 e. The van der Waals surface area contributed by atoms with Crippen molar-refractivity contribution in [2.24, 2.45) is 10.7 Å². The number of ether oxygens (including phenoxy) is 2. The molecule has 1 aromatic heterocycles. The average Bonchev–Trinajstić information content (AvgIpc) is 3.15. The molecule has 0 unspecified atom stereocenters. The van der Waals surface area contributed by atoms with Crippen LogP contribution < -0.4 is 20.5 Å². The molecule has 2 aromatic carbocycles. The molecular weight excluding hydrogens is 414 g/mol. The summed E-state index contributed by atoms with van der Waals surface area (Å²) in [4.78, 5) is 8.67. The highest BCUT2D eigenvalue weighted by Gasteiger charge is 2.08. The van der Waals surface area contributed by atoms with Crippen LogP contribution in [0.1, 0.15) is 12.6 Å². The smallest absolute Gasteiger partial charge is 0.222 e. The summed E-state index contributed by atoms with van der Waals surface area (Å²) < 4.78 is 13.3. The Hall–Kier alpha value is -3.71. The maximum atomic E-state index is 5.93. The fourth-order valence-electron chi connectivity index (χ4n) is 2.75. The van der Waals surface area contributed by atoms with Gasteiger partial charge < -0.3 is 25.1 Å². The van der Waals surface area contributed by atoms with Gasteiger partial charge in [0.05, 0.1) is 24.8 Å². The van der Waals surface area contributed by atoms with Crippen LogP contribution in [-0.2, 0) is 0 Å². The lowest BCUT2D eigenvalue weighted by atomic mass is 10.2. The van der Waals surface area contributed by atoms with Crippen LogP contribution in [0, 0.1) is 6.92 Å². The van der Waals surface area contributed by atoms with E-state index in [1.165, 1.54) is 0 Å². The Morgan fingerprint density at radius 3 is 2.61 bits per heavy atom. The normalized spacial score (nSPS) is 11.9. The number of aromatic nitrogens is 2. The number of methoxy groups -OCH3 is 1. The number of hydrogen-bond donors (Lipinski definition) is 2. The van der Waals surface area contributed by atoms with E-state index >= 15 is 0 Å². The standard InChI is InChI=1S/C23H24ClN5O2/c1-15(25)11-23(31-20-8-5-18(24)6-9-20)28-17(3)27-19-7-10-21(22(12-19)30-4)29-13-16(2)26-14-29/h5-14,27H,3,25H2,1-2,4H3/b15-11-,28-23+. The largest absolute Gasteiger partial charge is 0.494 e. The average molecular weight is 438 g/mol. The molecule has 1 heterocycles. The first-order valence-corrected chi connectivity index (χ1v) is 9.82. The Bertz CT molecular complexity index is 1130. The molecule has 0 aliphatic rings. The van der Waals surface area contributed by atoms with Crippen LogP contribution in [0.2, 0.25) is 5.02 Å². The van der Waals surface area contributed by atoms with Gasteiger partial charge >= 0.3 is 0 Å². The number of nitrogens with one attached hydrogen (secondary N) is 1. The lowest BCUT2D eigenvalue weighted by molar-refractivity contribution is 0.413. The van der Waals surface area contributed by atoms with Crippen molar-refractivity contribution in [2.45, 2.75) is 13.8 Å². The van der Waals surface area contributed by atoms with E-state index in [0.29, 0.717) is 28.0 Å². The Morgan fingerprint density at radius 1 is 1.26 bits per heavy atom. The summed E-state index contributed by atoms with van der Waals surface area (Å²) in [6.07, 6.45) is 5.29. The molecule has 3 rings (SSSR count). The van der Waals surface area contributed by atoms with Crippen molar-refractivity contribution in [1.29, 1.82) is 0 Å². The molecule has 0 saturated heterocycles. The Kier molecular flexibility index (Phi) is 6.99. The van der Waals surface area contributed by atoms with Crippen molar-refractivity contribution >= 4 is 23.2 Å². The Morgan fingerprint density at radius 2 is 2.00 bits per heavy atom. The molecular formula is C23H24ClN5O2. The third-order valence-corrected chi connectivity index (χ3v) is 4.34. The first-order valence-electron chi connectivity index (χ1n) is 9.45. The molecule has 0 aliphatic carbocycles. The van der Waals surface area contributed by atoms with Gasteiger partial charge in [0, 0.05) is 34.7 Å². The number of benzene rings is 2. The number of nitrogens with zero attached hydrogens (tertiary/aromatic N) is 3. The first-order chi connectivity index (χ1) is 14.8. The molecule has 3 N–H and O–H groups in total. The van der Waals surface area contributed by atoms with Gasteiger partial charge in [-0.1, -0.05) is 18.2 Å². The summed E-state index contributed by atoms with van der Waals surface area (Å²) in [5.41, 5.74) is 8.91. The number of anilines is 1. The van der Waals surface area contributed by atoms with E-state index in [4.69, 9.17) is 26.8 Å². The third-order valence-electron chi connectivity index (χ3n) is 4.09. The van der Waals surface area contributed by atoms with E-state index < -0.39 is 0 Å². The van der Waals surface area contributed by atoms with Crippen LogP contribution in [0.25, 0.3) is 5.69 Å². The van der Waals surface area contributed by atoms with Crippen molar-refractivity contribution in [2.75, 3.05) is 12.4 Å². The summed E-state index contributed by atoms with van der Waals surface area (Å²) in [7, 11) is 1.62. The monoisotopic (exact) mass is 437 g/mol. The molecule has 0 spiro atoms. The van der Waals surface area contributed by atoms with Gasteiger partial charge in [0.25, 0.3) is 0 Å². The number of rotatable bonds is 7. The summed E-state index contributed by atoms with van der Waals surface area (Å²) in [5.74, 6) is 1.91. The van der Waals surface area contributed by atoms with Crippen LogP contribution in [0.3, 0.4) is 0 Å². The quantitative estimate of drug-likeness (QED) is 0.398. The molecule has 0 bridgehead atoms. The minimum atomic E-state index is 0.289. The summed E-state index contributed by atoms with van der Waals surface area (Å²) >= 11 is 5.93. The summed E-state index contributed by atoms with van der Waals surface area (Å²) in [5, 5.41) is 3.76. The summed E-state index contributed by atoms with van der Waals surface area (Å²) in [6.45, 7) is 7.65. The number of aliphatic imine (C=N–C) groups is 1.